The van der Waals surface area contributed by atoms with Gasteiger partial charge in [-0.25, -0.2) is 13.2 Å². The number of anilines is 1. The molecule has 1 heterocycles. The smallest absolute Gasteiger partial charge is 0.196 e. The number of piperidine rings is 1. The van der Waals surface area contributed by atoms with E-state index in [1.165, 1.54) is 18.9 Å². The normalized spacial score (nSPS) is 20.5. The summed E-state index contributed by atoms with van der Waals surface area (Å²) in [6.07, 6.45) is 4.44. The summed E-state index contributed by atoms with van der Waals surface area (Å²) in [4.78, 5) is 2.30. The SMILES string of the molecule is CN1CCCCC1CCNc1ccc(F)c(F)c1F. The topological polar surface area (TPSA) is 15.3 Å². The van der Waals surface area contributed by atoms with E-state index in [0.717, 1.165) is 25.5 Å². The summed E-state index contributed by atoms with van der Waals surface area (Å²) in [7, 11) is 2.09. The highest BCUT2D eigenvalue weighted by Gasteiger charge is 2.18. The molecule has 2 nitrogen and oxygen atoms in total. The van der Waals surface area contributed by atoms with Gasteiger partial charge in [0, 0.05) is 12.6 Å². The molecule has 0 bridgehead atoms. The Balaban J connectivity index is 1.87. The Bertz CT molecular complexity index is 437. The van der Waals surface area contributed by atoms with Crippen molar-refractivity contribution < 1.29 is 13.2 Å². The van der Waals surface area contributed by atoms with Crippen molar-refractivity contribution in [3.63, 3.8) is 0 Å². The van der Waals surface area contributed by atoms with Gasteiger partial charge in [0.05, 0.1) is 5.69 Å². The van der Waals surface area contributed by atoms with E-state index in [1.807, 2.05) is 0 Å². The molecule has 1 aliphatic rings. The first-order valence-corrected chi connectivity index (χ1v) is 6.67. The maximum atomic E-state index is 13.4. The molecule has 0 saturated carbocycles. The van der Waals surface area contributed by atoms with Crippen LogP contribution in [0.2, 0.25) is 0 Å². The van der Waals surface area contributed by atoms with E-state index in [0.29, 0.717) is 12.6 Å². The fourth-order valence-corrected chi connectivity index (χ4v) is 2.54. The number of nitrogens with one attached hydrogen (secondary N) is 1. The lowest BCUT2D eigenvalue weighted by Gasteiger charge is -2.32. The van der Waals surface area contributed by atoms with Crippen molar-refractivity contribution in [3.8, 4) is 0 Å². The van der Waals surface area contributed by atoms with Gasteiger partial charge in [-0.2, -0.15) is 0 Å². The number of rotatable bonds is 4. The van der Waals surface area contributed by atoms with E-state index in [-0.39, 0.29) is 5.69 Å². The summed E-state index contributed by atoms with van der Waals surface area (Å²) >= 11 is 0. The number of likely N-dealkylation sites (tertiary alicyclic amines) is 1. The molecule has 106 valence electrons. The summed E-state index contributed by atoms with van der Waals surface area (Å²) < 4.78 is 39.2. The molecule has 0 aliphatic carbocycles. The standard InChI is InChI=1S/C14H19F3N2/c1-19-9-3-2-4-10(19)7-8-18-12-6-5-11(15)13(16)14(12)17/h5-6,10,18H,2-4,7-9H2,1H3. The fourth-order valence-electron chi connectivity index (χ4n) is 2.54. The third-order valence-corrected chi connectivity index (χ3v) is 3.75. The van der Waals surface area contributed by atoms with E-state index < -0.39 is 17.5 Å². The van der Waals surface area contributed by atoms with E-state index in [4.69, 9.17) is 0 Å². The second-order valence-electron chi connectivity index (χ2n) is 5.07. The van der Waals surface area contributed by atoms with E-state index in [2.05, 4.69) is 17.3 Å². The Morgan fingerprint density at radius 3 is 2.74 bits per heavy atom. The maximum absolute atomic E-state index is 13.4. The van der Waals surface area contributed by atoms with Crippen LogP contribution in [0.3, 0.4) is 0 Å². The van der Waals surface area contributed by atoms with Crippen molar-refractivity contribution in [1.82, 2.24) is 4.90 Å². The first kappa shape index (κ1) is 14.2. The molecule has 1 aliphatic heterocycles. The van der Waals surface area contributed by atoms with Crippen molar-refractivity contribution in [3.05, 3.63) is 29.6 Å². The van der Waals surface area contributed by atoms with E-state index in [9.17, 15) is 13.2 Å². The zero-order chi connectivity index (χ0) is 13.8. The number of benzene rings is 1. The summed E-state index contributed by atoms with van der Waals surface area (Å²) in [6, 6.07) is 2.65. The van der Waals surface area contributed by atoms with Crippen molar-refractivity contribution in [2.75, 3.05) is 25.5 Å². The number of halogens is 3. The second-order valence-corrected chi connectivity index (χ2v) is 5.07. The van der Waals surface area contributed by atoms with Gasteiger partial charge in [0.25, 0.3) is 0 Å². The van der Waals surface area contributed by atoms with Crippen molar-refractivity contribution in [2.24, 2.45) is 0 Å². The van der Waals surface area contributed by atoms with Gasteiger partial charge in [-0.05, 0) is 45.0 Å². The lowest BCUT2D eigenvalue weighted by Crippen LogP contribution is -2.37. The molecular weight excluding hydrogens is 253 g/mol. The Morgan fingerprint density at radius 1 is 1.21 bits per heavy atom. The molecule has 1 fully saturated rings. The lowest BCUT2D eigenvalue weighted by molar-refractivity contribution is 0.179. The van der Waals surface area contributed by atoms with Crippen molar-refractivity contribution >= 4 is 5.69 Å². The molecule has 19 heavy (non-hydrogen) atoms. The third kappa shape index (κ3) is 3.41. The lowest BCUT2D eigenvalue weighted by atomic mass is 10.0. The Kier molecular flexibility index (Phi) is 4.69. The molecule has 0 aromatic heterocycles. The molecule has 1 saturated heterocycles. The van der Waals surface area contributed by atoms with Crippen molar-refractivity contribution in [2.45, 2.75) is 31.7 Å². The molecule has 0 radical (unpaired) electrons. The van der Waals surface area contributed by atoms with Gasteiger partial charge < -0.3 is 10.2 Å². The Morgan fingerprint density at radius 2 is 2.00 bits per heavy atom. The average molecular weight is 272 g/mol. The minimum absolute atomic E-state index is 0.0253. The van der Waals surface area contributed by atoms with Gasteiger partial charge in [0.1, 0.15) is 0 Å². The van der Waals surface area contributed by atoms with E-state index in [1.54, 1.807) is 0 Å². The summed E-state index contributed by atoms with van der Waals surface area (Å²) in [6.45, 7) is 1.64. The third-order valence-electron chi connectivity index (χ3n) is 3.75. The van der Waals surface area contributed by atoms with E-state index >= 15 is 0 Å². The molecule has 2 rings (SSSR count). The Labute approximate surface area is 111 Å². The van der Waals surface area contributed by atoms with Gasteiger partial charge in [-0.15, -0.1) is 0 Å². The first-order chi connectivity index (χ1) is 9.09. The molecule has 1 N–H and O–H groups in total. The minimum atomic E-state index is -1.42. The highest BCUT2D eigenvalue weighted by molar-refractivity contribution is 5.45. The number of hydrogen-bond donors (Lipinski definition) is 1. The largest absolute Gasteiger partial charge is 0.383 e. The molecule has 5 heteroatoms. The highest BCUT2D eigenvalue weighted by atomic mass is 19.2. The van der Waals surface area contributed by atoms with Gasteiger partial charge in [0.15, 0.2) is 17.5 Å². The molecule has 0 spiro atoms. The van der Waals surface area contributed by atoms with Crippen LogP contribution in [-0.2, 0) is 0 Å². The first-order valence-electron chi connectivity index (χ1n) is 6.67. The zero-order valence-corrected chi connectivity index (χ0v) is 11.1. The molecule has 1 atom stereocenters. The highest BCUT2D eigenvalue weighted by Crippen LogP contribution is 2.21. The average Bonchev–Trinajstić information content (AvgIpc) is 2.41. The molecule has 0 amide bonds. The number of hydrogen-bond acceptors (Lipinski definition) is 2. The second kappa shape index (κ2) is 6.28. The van der Waals surface area contributed by atoms with Crippen LogP contribution in [0.4, 0.5) is 18.9 Å². The predicted molar refractivity (Wildman–Crippen MR) is 69.7 cm³/mol. The van der Waals surface area contributed by atoms with Gasteiger partial charge >= 0.3 is 0 Å². The predicted octanol–water partition coefficient (Wildman–Crippen LogP) is 3.39. The van der Waals surface area contributed by atoms with Crippen LogP contribution < -0.4 is 5.32 Å². The van der Waals surface area contributed by atoms with Gasteiger partial charge in [-0.1, -0.05) is 6.42 Å². The summed E-state index contributed by atoms with van der Waals surface area (Å²) in [5.41, 5.74) is 0.0253. The minimum Gasteiger partial charge on any atom is -0.383 e. The summed E-state index contributed by atoms with van der Waals surface area (Å²) in [5, 5.41) is 2.84. The molecule has 1 aromatic carbocycles. The van der Waals surface area contributed by atoms with Crippen LogP contribution in [-0.4, -0.2) is 31.1 Å². The number of nitrogens with zero attached hydrogens (tertiary/aromatic N) is 1. The van der Waals surface area contributed by atoms with Crippen LogP contribution in [0.1, 0.15) is 25.7 Å². The van der Waals surface area contributed by atoms with Crippen LogP contribution in [0.15, 0.2) is 12.1 Å². The Hall–Kier alpha value is -1.23. The molecule has 1 unspecified atom stereocenters. The summed E-state index contributed by atoms with van der Waals surface area (Å²) in [5.74, 6) is -3.72. The van der Waals surface area contributed by atoms with Crippen LogP contribution in [0.5, 0.6) is 0 Å². The monoisotopic (exact) mass is 272 g/mol. The molecule has 1 aromatic rings. The van der Waals surface area contributed by atoms with Crippen LogP contribution >= 0.6 is 0 Å². The maximum Gasteiger partial charge on any atom is 0.196 e. The van der Waals surface area contributed by atoms with Gasteiger partial charge in [-0.3, -0.25) is 0 Å². The van der Waals surface area contributed by atoms with Crippen LogP contribution in [0.25, 0.3) is 0 Å². The quantitative estimate of drug-likeness (QED) is 0.845. The van der Waals surface area contributed by atoms with Crippen LogP contribution in [0, 0.1) is 17.5 Å². The molecular formula is C14H19F3N2. The van der Waals surface area contributed by atoms with Gasteiger partial charge in [0.2, 0.25) is 0 Å². The fraction of sp³-hybridized carbons (Fsp3) is 0.571. The van der Waals surface area contributed by atoms with Crippen molar-refractivity contribution in [1.29, 1.82) is 0 Å². The zero-order valence-electron chi connectivity index (χ0n) is 11.1.